The van der Waals surface area contributed by atoms with E-state index in [1.165, 1.54) is 0 Å². The molecule has 0 radical (unpaired) electrons. The highest BCUT2D eigenvalue weighted by Crippen LogP contribution is 2.26. The number of alkyl halides is 3. The predicted octanol–water partition coefficient (Wildman–Crippen LogP) is 2.22. The molecular weight excluding hydrogens is 281 g/mol. The lowest BCUT2D eigenvalue weighted by atomic mass is 10.1. The van der Waals surface area contributed by atoms with Crippen LogP contribution in [0.3, 0.4) is 0 Å². The van der Waals surface area contributed by atoms with Gasteiger partial charge in [0.15, 0.2) is 0 Å². The molecule has 2 N–H and O–H groups in total. The Balaban J connectivity index is 1.93. The second-order valence-electron chi connectivity index (χ2n) is 5.20. The van der Waals surface area contributed by atoms with Gasteiger partial charge in [0, 0.05) is 37.9 Å². The first-order valence-electron chi connectivity index (χ1n) is 7.01. The number of aromatic nitrogens is 2. The summed E-state index contributed by atoms with van der Waals surface area (Å²) in [6, 6.07) is 7.44. The number of rotatable bonds is 3. The first-order chi connectivity index (χ1) is 10.0. The van der Waals surface area contributed by atoms with Crippen molar-refractivity contribution in [3.8, 4) is 0 Å². The summed E-state index contributed by atoms with van der Waals surface area (Å²) in [6.45, 7) is 2.41. The molecule has 21 heavy (non-hydrogen) atoms. The topological polar surface area (TPSA) is 41.9 Å². The standard InChI is InChI=1S/C14H17F3N4/c15-14(16,17)6-5-11-10-3-1-2-4-12(10)21(20-11)13-9-18-7-8-19-13/h1-4,13,18-19H,5-9H2. The summed E-state index contributed by atoms with van der Waals surface area (Å²) in [5.41, 5.74) is 1.38. The van der Waals surface area contributed by atoms with Crippen molar-refractivity contribution in [2.24, 2.45) is 0 Å². The molecule has 0 saturated carbocycles. The second kappa shape index (κ2) is 5.65. The second-order valence-corrected chi connectivity index (χ2v) is 5.20. The first-order valence-corrected chi connectivity index (χ1v) is 7.01. The van der Waals surface area contributed by atoms with Crippen molar-refractivity contribution in [2.75, 3.05) is 19.6 Å². The Morgan fingerprint density at radius 2 is 2.05 bits per heavy atom. The molecule has 7 heteroatoms. The van der Waals surface area contributed by atoms with Crippen molar-refractivity contribution in [1.82, 2.24) is 20.4 Å². The quantitative estimate of drug-likeness (QED) is 0.913. The first kappa shape index (κ1) is 14.3. The molecule has 0 amide bonds. The van der Waals surface area contributed by atoms with Crippen LogP contribution in [0, 0.1) is 0 Å². The maximum atomic E-state index is 12.4. The molecule has 114 valence electrons. The fraction of sp³-hybridized carbons (Fsp3) is 0.500. The van der Waals surface area contributed by atoms with Gasteiger partial charge < -0.3 is 5.32 Å². The van der Waals surface area contributed by atoms with Crippen LogP contribution in [-0.4, -0.2) is 35.6 Å². The smallest absolute Gasteiger partial charge is 0.312 e. The summed E-state index contributed by atoms with van der Waals surface area (Å²) in [4.78, 5) is 0. The van der Waals surface area contributed by atoms with Crippen LogP contribution in [0.2, 0.25) is 0 Å². The molecular formula is C14H17F3N4. The molecule has 1 aliphatic heterocycles. The van der Waals surface area contributed by atoms with E-state index >= 15 is 0 Å². The highest BCUT2D eigenvalue weighted by atomic mass is 19.4. The van der Waals surface area contributed by atoms with Gasteiger partial charge in [-0.1, -0.05) is 18.2 Å². The van der Waals surface area contributed by atoms with E-state index in [0.717, 1.165) is 24.0 Å². The summed E-state index contributed by atoms with van der Waals surface area (Å²) in [7, 11) is 0. The van der Waals surface area contributed by atoms with E-state index < -0.39 is 12.6 Å². The minimum absolute atomic E-state index is 0.0247. The molecule has 2 heterocycles. The Morgan fingerprint density at radius 1 is 1.24 bits per heavy atom. The predicted molar refractivity (Wildman–Crippen MR) is 74.0 cm³/mol. The van der Waals surface area contributed by atoms with Gasteiger partial charge in [-0.3, -0.25) is 5.32 Å². The van der Waals surface area contributed by atoms with Crippen LogP contribution >= 0.6 is 0 Å². The molecule has 2 aromatic rings. The van der Waals surface area contributed by atoms with E-state index in [9.17, 15) is 13.2 Å². The number of piperazine rings is 1. The molecule has 1 atom stereocenters. The number of halogens is 3. The van der Waals surface area contributed by atoms with Gasteiger partial charge in [-0.25, -0.2) is 4.68 Å². The van der Waals surface area contributed by atoms with Gasteiger partial charge >= 0.3 is 6.18 Å². The van der Waals surface area contributed by atoms with Crippen molar-refractivity contribution < 1.29 is 13.2 Å². The van der Waals surface area contributed by atoms with Gasteiger partial charge in [0.05, 0.1) is 11.2 Å². The van der Waals surface area contributed by atoms with Gasteiger partial charge in [0.1, 0.15) is 6.17 Å². The number of nitrogens with one attached hydrogen (secondary N) is 2. The average Bonchev–Trinajstić information content (AvgIpc) is 2.84. The van der Waals surface area contributed by atoms with E-state index in [1.54, 1.807) is 4.68 Å². The van der Waals surface area contributed by atoms with Crippen LogP contribution in [0.4, 0.5) is 13.2 Å². The van der Waals surface area contributed by atoms with Crippen LogP contribution in [0.15, 0.2) is 24.3 Å². The number of hydrogen-bond donors (Lipinski definition) is 2. The maximum Gasteiger partial charge on any atom is 0.389 e. The maximum absolute atomic E-state index is 12.4. The van der Waals surface area contributed by atoms with Gasteiger partial charge in [-0.15, -0.1) is 0 Å². The summed E-state index contributed by atoms with van der Waals surface area (Å²) in [5, 5.41) is 11.8. The number of aryl methyl sites for hydroxylation is 1. The minimum atomic E-state index is -4.16. The fourth-order valence-corrected chi connectivity index (χ4v) is 2.65. The summed E-state index contributed by atoms with van der Waals surface area (Å²) in [5.74, 6) is 0. The van der Waals surface area contributed by atoms with Crippen LogP contribution in [0.1, 0.15) is 18.3 Å². The lowest BCUT2D eigenvalue weighted by Crippen LogP contribution is -2.45. The van der Waals surface area contributed by atoms with E-state index in [0.29, 0.717) is 12.2 Å². The highest BCUT2D eigenvalue weighted by Gasteiger charge is 2.28. The molecule has 0 aliphatic carbocycles. The number of nitrogens with zero attached hydrogens (tertiary/aromatic N) is 2. The zero-order valence-electron chi connectivity index (χ0n) is 11.5. The van der Waals surface area contributed by atoms with Gasteiger partial charge in [-0.2, -0.15) is 18.3 Å². The van der Waals surface area contributed by atoms with Crippen molar-refractivity contribution in [3.63, 3.8) is 0 Å². The van der Waals surface area contributed by atoms with Crippen molar-refractivity contribution >= 4 is 10.9 Å². The van der Waals surface area contributed by atoms with Crippen LogP contribution in [0.5, 0.6) is 0 Å². The van der Waals surface area contributed by atoms with Crippen LogP contribution in [-0.2, 0) is 6.42 Å². The Kier molecular flexibility index (Phi) is 3.86. The fourth-order valence-electron chi connectivity index (χ4n) is 2.65. The lowest BCUT2D eigenvalue weighted by Gasteiger charge is -2.25. The molecule has 1 fully saturated rings. The number of benzene rings is 1. The molecule has 3 rings (SSSR count). The summed E-state index contributed by atoms with van der Waals surface area (Å²) in [6.07, 6.45) is -5.11. The molecule has 1 unspecified atom stereocenters. The molecule has 1 aromatic carbocycles. The highest BCUT2D eigenvalue weighted by molar-refractivity contribution is 5.82. The van der Waals surface area contributed by atoms with Crippen molar-refractivity contribution in [1.29, 1.82) is 0 Å². The number of para-hydroxylation sites is 1. The van der Waals surface area contributed by atoms with Gasteiger partial charge in [0.25, 0.3) is 0 Å². The van der Waals surface area contributed by atoms with Crippen molar-refractivity contribution in [2.45, 2.75) is 25.2 Å². The number of hydrogen-bond acceptors (Lipinski definition) is 3. The largest absolute Gasteiger partial charge is 0.389 e. The third-order valence-electron chi connectivity index (χ3n) is 3.65. The van der Waals surface area contributed by atoms with E-state index in [1.807, 2.05) is 24.3 Å². The molecule has 4 nitrogen and oxygen atoms in total. The van der Waals surface area contributed by atoms with Crippen molar-refractivity contribution in [3.05, 3.63) is 30.0 Å². The third-order valence-corrected chi connectivity index (χ3v) is 3.65. The molecule has 1 aliphatic rings. The van der Waals surface area contributed by atoms with Gasteiger partial charge in [0.2, 0.25) is 0 Å². The molecule has 0 bridgehead atoms. The van der Waals surface area contributed by atoms with E-state index in [4.69, 9.17) is 0 Å². The third kappa shape index (κ3) is 3.19. The molecule has 0 spiro atoms. The monoisotopic (exact) mass is 298 g/mol. The van der Waals surface area contributed by atoms with Gasteiger partial charge in [-0.05, 0) is 6.07 Å². The Hall–Kier alpha value is -1.60. The SMILES string of the molecule is FC(F)(F)CCc1nn(C2CNCCN2)c2ccccc12. The Bertz CT molecular complexity index is 614. The molecule has 1 saturated heterocycles. The zero-order valence-corrected chi connectivity index (χ0v) is 11.5. The normalized spacial score (nSPS) is 20.0. The molecule has 1 aromatic heterocycles. The minimum Gasteiger partial charge on any atom is -0.312 e. The number of fused-ring (bicyclic) bond motifs is 1. The Morgan fingerprint density at radius 3 is 2.76 bits per heavy atom. The zero-order chi connectivity index (χ0) is 14.9. The van der Waals surface area contributed by atoms with E-state index in [-0.39, 0.29) is 12.6 Å². The average molecular weight is 298 g/mol. The summed E-state index contributed by atoms with van der Waals surface area (Å²) >= 11 is 0. The lowest BCUT2D eigenvalue weighted by molar-refractivity contribution is -0.134. The van der Waals surface area contributed by atoms with Crippen LogP contribution < -0.4 is 10.6 Å². The van der Waals surface area contributed by atoms with E-state index in [2.05, 4.69) is 15.7 Å². The summed E-state index contributed by atoms with van der Waals surface area (Å²) < 4.78 is 39.1. The Labute approximate surface area is 120 Å². The van der Waals surface area contributed by atoms with Crippen LogP contribution in [0.25, 0.3) is 10.9 Å².